The third-order valence-corrected chi connectivity index (χ3v) is 1.45. The van der Waals surface area contributed by atoms with Crippen molar-refractivity contribution < 1.29 is 9.53 Å². The fraction of sp³-hybridized carbons (Fsp3) is 0.400. The van der Waals surface area contributed by atoms with E-state index in [0.717, 1.165) is 5.69 Å². The first kappa shape index (κ1) is 12.6. The molecular weight excluding hydrogens is 180 g/mol. The van der Waals surface area contributed by atoms with Gasteiger partial charge in [0.15, 0.2) is 0 Å². The van der Waals surface area contributed by atoms with E-state index in [1.54, 1.807) is 12.1 Å². The topological polar surface area (TPSA) is 65.2 Å². The molecule has 0 unspecified atom stereocenters. The van der Waals surface area contributed by atoms with Gasteiger partial charge in [0, 0.05) is 12.7 Å². The number of hydrogen-bond donors (Lipinski definition) is 1. The van der Waals surface area contributed by atoms with Crippen LogP contribution in [-0.2, 0) is 11.3 Å². The highest BCUT2D eigenvalue weighted by Gasteiger charge is 2.03. The predicted octanol–water partition coefficient (Wildman–Crippen LogP) is 1.35. The van der Waals surface area contributed by atoms with E-state index >= 15 is 0 Å². The quantitative estimate of drug-likeness (QED) is 0.725. The molecular formula is C10H16N2O2. The Balaban J connectivity index is 0.000000791. The minimum absolute atomic E-state index is 0.376. The smallest absolute Gasteiger partial charge is 0.339 e. The first-order valence-electron chi connectivity index (χ1n) is 4.51. The van der Waals surface area contributed by atoms with Crippen molar-refractivity contribution in [3.63, 3.8) is 0 Å². The van der Waals surface area contributed by atoms with E-state index in [-0.39, 0.29) is 5.97 Å². The van der Waals surface area contributed by atoms with Crippen molar-refractivity contribution in [3.8, 4) is 0 Å². The van der Waals surface area contributed by atoms with E-state index in [9.17, 15) is 4.79 Å². The summed E-state index contributed by atoms with van der Waals surface area (Å²) in [5.74, 6) is -0.383. The highest BCUT2D eigenvalue weighted by atomic mass is 16.5. The predicted molar refractivity (Wildman–Crippen MR) is 54.8 cm³/mol. The SMILES string of the molecule is CC.COC(=O)c1ccc(CN)nc1. The summed E-state index contributed by atoms with van der Waals surface area (Å²) in [6, 6.07) is 3.34. The highest BCUT2D eigenvalue weighted by molar-refractivity contribution is 5.88. The Morgan fingerprint density at radius 3 is 2.50 bits per heavy atom. The second-order valence-electron chi connectivity index (χ2n) is 2.23. The fourth-order valence-corrected chi connectivity index (χ4v) is 0.784. The van der Waals surface area contributed by atoms with Crippen LogP contribution in [0.2, 0.25) is 0 Å². The van der Waals surface area contributed by atoms with Gasteiger partial charge in [-0.2, -0.15) is 0 Å². The monoisotopic (exact) mass is 196 g/mol. The Hall–Kier alpha value is -1.42. The van der Waals surface area contributed by atoms with Crippen LogP contribution in [0.15, 0.2) is 18.3 Å². The number of carbonyl (C=O) groups is 1. The first-order chi connectivity index (χ1) is 6.77. The third-order valence-electron chi connectivity index (χ3n) is 1.45. The zero-order valence-corrected chi connectivity index (χ0v) is 8.78. The lowest BCUT2D eigenvalue weighted by atomic mass is 10.2. The average Bonchev–Trinajstić information content (AvgIpc) is 2.31. The summed E-state index contributed by atoms with van der Waals surface area (Å²) in [5, 5.41) is 0. The summed E-state index contributed by atoms with van der Waals surface area (Å²) in [6.45, 7) is 4.38. The van der Waals surface area contributed by atoms with E-state index in [4.69, 9.17) is 5.73 Å². The number of hydrogen-bond acceptors (Lipinski definition) is 4. The molecule has 0 bridgehead atoms. The normalized spacial score (nSPS) is 8.57. The maximum absolute atomic E-state index is 10.9. The molecule has 0 radical (unpaired) electrons. The standard InChI is InChI=1S/C8H10N2O2.C2H6/c1-12-8(11)6-2-3-7(4-9)10-5-6;1-2/h2-3,5H,4,9H2,1H3;1-2H3. The molecule has 4 nitrogen and oxygen atoms in total. The Morgan fingerprint density at radius 2 is 2.14 bits per heavy atom. The van der Waals surface area contributed by atoms with Crippen LogP contribution in [0.4, 0.5) is 0 Å². The molecule has 78 valence electrons. The van der Waals surface area contributed by atoms with E-state index in [1.807, 2.05) is 13.8 Å². The van der Waals surface area contributed by atoms with Crippen molar-refractivity contribution in [2.75, 3.05) is 7.11 Å². The van der Waals surface area contributed by atoms with Crippen LogP contribution in [0.25, 0.3) is 0 Å². The summed E-state index contributed by atoms with van der Waals surface area (Å²) in [4.78, 5) is 14.9. The molecule has 0 spiro atoms. The maximum atomic E-state index is 10.9. The van der Waals surface area contributed by atoms with Gasteiger partial charge < -0.3 is 10.5 Å². The maximum Gasteiger partial charge on any atom is 0.339 e. The summed E-state index contributed by atoms with van der Waals surface area (Å²) in [7, 11) is 1.33. The molecule has 2 N–H and O–H groups in total. The number of methoxy groups -OCH3 is 1. The van der Waals surface area contributed by atoms with Crippen molar-refractivity contribution >= 4 is 5.97 Å². The summed E-state index contributed by atoms with van der Waals surface area (Å²) < 4.78 is 4.50. The van der Waals surface area contributed by atoms with Gasteiger partial charge in [-0.25, -0.2) is 4.79 Å². The molecule has 0 fully saturated rings. The van der Waals surface area contributed by atoms with Gasteiger partial charge in [-0.05, 0) is 12.1 Å². The van der Waals surface area contributed by atoms with Gasteiger partial charge in [-0.3, -0.25) is 4.98 Å². The van der Waals surface area contributed by atoms with Crippen LogP contribution in [0.1, 0.15) is 29.9 Å². The number of ether oxygens (including phenoxy) is 1. The number of pyridine rings is 1. The molecule has 1 rings (SSSR count). The summed E-state index contributed by atoms with van der Waals surface area (Å²) >= 11 is 0. The van der Waals surface area contributed by atoms with Crippen LogP contribution < -0.4 is 5.73 Å². The Labute approximate surface area is 84.1 Å². The zero-order valence-electron chi connectivity index (χ0n) is 8.78. The van der Waals surface area contributed by atoms with Gasteiger partial charge in [0.05, 0.1) is 18.4 Å². The summed E-state index contributed by atoms with van der Waals surface area (Å²) in [5.41, 5.74) is 6.52. The molecule has 0 aromatic carbocycles. The van der Waals surface area contributed by atoms with Crippen molar-refractivity contribution in [3.05, 3.63) is 29.6 Å². The number of carbonyl (C=O) groups excluding carboxylic acids is 1. The van der Waals surface area contributed by atoms with E-state index in [1.165, 1.54) is 13.3 Å². The molecule has 0 saturated heterocycles. The molecule has 14 heavy (non-hydrogen) atoms. The molecule has 0 saturated carbocycles. The second-order valence-corrected chi connectivity index (χ2v) is 2.23. The Morgan fingerprint density at radius 1 is 1.50 bits per heavy atom. The molecule has 0 amide bonds. The largest absolute Gasteiger partial charge is 0.465 e. The lowest BCUT2D eigenvalue weighted by Crippen LogP contribution is -2.04. The molecule has 0 aliphatic carbocycles. The number of aromatic nitrogens is 1. The number of nitrogens with zero attached hydrogens (tertiary/aromatic N) is 1. The van der Waals surface area contributed by atoms with Gasteiger partial charge in [-0.1, -0.05) is 13.8 Å². The third kappa shape index (κ3) is 3.53. The minimum Gasteiger partial charge on any atom is -0.465 e. The molecule has 0 aliphatic rings. The minimum atomic E-state index is -0.383. The van der Waals surface area contributed by atoms with Crippen LogP contribution in [-0.4, -0.2) is 18.1 Å². The van der Waals surface area contributed by atoms with Crippen LogP contribution in [0.3, 0.4) is 0 Å². The molecule has 1 heterocycles. The van der Waals surface area contributed by atoms with Crippen LogP contribution >= 0.6 is 0 Å². The number of rotatable bonds is 2. The van der Waals surface area contributed by atoms with Gasteiger partial charge in [0.1, 0.15) is 0 Å². The van der Waals surface area contributed by atoms with Gasteiger partial charge in [0.25, 0.3) is 0 Å². The van der Waals surface area contributed by atoms with Crippen LogP contribution in [0.5, 0.6) is 0 Å². The van der Waals surface area contributed by atoms with E-state index in [2.05, 4.69) is 9.72 Å². The van der Waals surface area contributed by atoms with Crippen molar-refractivity contribution in [1.29, 1.82) is 0 Å². The molecule has 0 atom stereocenters. The fourth-order valence-electron chi connectivity index (χ4n) is 0.784. The second kappa shape index (κ2) is 7.03. The average molecular weight is 196 g/mol. The Kier molecular flexibility index (Phi) is 6.32. The summed E-state index contributed by atoms with van der Waals surface area (Å²) in [6.07, 6.45) is 1.45. The van der Waals surface area contributed by atoms with Crippen molar-refractivity contribution in [2.24, 2.45) is 5.73 Å². The Bertz CT molecular complexity index is 270. The lowest BCUT2D eigenvalue weighted by molar-refractivity contribution is 0.0600. The van der Waals surface area contributed by atoms with E-state index in [0.29, 0.717) is 12.1 Å². The van der Waals surface area contributed by atoms with Gasteiger partial charge >= 0.3 is 5.97 Å². The zero-order chi connectivity index (χ0) is 11.0. The number of nitrogens with two attached hydrogens (primary N) is 1. The lowest BCUT2D eigenvalue weighted by Gasteiger charge is -1.98. The highest BCUT2D eigenvalue weighted by Crippen LogP contribution is 2.00. The molecule has 4 heteroatoms. The van der Waals surface area contributed by atoms with Crippen LogP contribution in [0, 0.1) is 0 Å². The molecule has 1 aromatic rings. The van der Waals surface area contributed by atoms with Gasteiger partial charge in [-0.15, -0.1) is 0 Å². The number of esters is 1. The molecule has 0 aliphatic heterocycles. The van der Waals surface area contributed by atoms with E-state index < -0.39 is 0 Å². The first-order valence-corrected chi connectivity index (χ1v) is 4.51. The molecule has 1 aromatic heterocycles. The van der Waals surface area contributed by atoms with Crippen molar-refractivity contribution in [1.82, 2.24) is 4.98 Å². The van der Waals surface area contributed by atoms with Gasteiger partial charge in [0.2, 0.25) is 0 Å². The van der Waals surface area contributed by atoms with Crippen molar-refractivity contribution in [2.45, 2.75) is 20.4 Å².